The Morgan fingerprint density at radius 2 is 2.12 bits per heavy atom. The van der Waals surface area contributed by atoms with E-state index < -0.39 is 0 Å². The van der Waals surface area contributed by atoms with Gasteiger partial charge in [-0.3, -0.25) is 9.59 Å². The smallest absolute Gasteiger partial charge is 0.273 e. The van der Waals surface area contributed by atoms with Crippen LogP contribution in [-0.2, 0) is 4.79 Å². The SMILES string of the molecule is Cc1nc(C(=O)N2CCC(C(N)=O)CC2)cs1. The molecule has 1 aromatic heterocycles. The number of carbonyl (C=O) groups is 2. The number of piperidine rings is 1. The third-order valence-corrected chi connectivity index (χ3v) is 3.80. The number of aromatic nitrogens is 1. The van der Waals surface area contributed by atoms with Crippen LogP contribution in [-0.4, -0.2) is 34.8 Å². The molecule has 1 saturated heterocycles. The van der Waals surface area contributed by atoms with Crippen molar-refractivity contribution in [2.24, 2.45) is 11.7 Å². The highest BCUT2D eigenvalue weighted by Gasteiger charge is 2.27. The first-order valence-corrected chi connectivity index (χ1v) is 6.46. The van der Waals surface area contributed by atoms with Crippen molar-refractivity contribution in [3.63, 3.8) is 0 Å². The standard InChI is InChI=1S/C11H15N3O2S/c1-7-13-9(6-17-7)11(16)14-4-2-8(3-5-14)10(12)15/h6,8H,2-5H2,1H3,(H2,12,15). The van der Waals surface area contributed by atoms with Gasteiger partial charge >= 0.3 is 0 Å². The van der Waals surface area contributed by atoms with E-state index in [1.54, 1.807) is 10.3 Å². The number of aryl methyl sites for hydroxylation is 1. The van der Waals surface area contributed by atoms with E-state index in [2.05, 4.69) is 4.98 Å². The predicted octanol–water partition coefficient (Wildman–Crippen LogP) is 0.789. The molecule has 2 rings (SSSR count). The fraction of sp³-hybridized carbons (Fsp3) is 0.545. The molecule has 0 aliphatic carbocycles. The zero-order valence-electron chi connectivity index (χ0n) is 9.68. The zero-order chi connectivity index (χ0) is 12.4. The van der Waals surface area contributed by atoms with E-state index in [-0.39, 0.29) is 17.7 Å². The first-order chi connectivity index (χ1) is 8.08. The minimum absolute atomic E-state index is 0.0442. The molecule has 6 heteroatoms. The Morgan fingerprint density at radius 3 is 2.59 bits per heavy atom. The number of likely N-dealkylation sites (tertiary alicyclic amines) is 1. The first-order valence-electron chi connectivity index (χ1n) is 5.58. The molecule has 17 heavy (non-hydrogen) atoms. The topological polar surface area (TPSA) is 76.3 Å². The number of thiazole rings is 1. The summed E-state index contributed by atoms with van der Waals surface area (Å²) in [5.41, 5.74) is 5.75. The van der Waals surface area contributed by atoms with Gasteiger partial charge in [0.05, 0.1) is 5.01 Å². The highest BCUT2D eigenvalue weighted by molar-refractivity contribution is 7.09. The zero-order valence-corrected chi connectivity index (χ0v) is 10.5. The Hall–Kier alpha value is -1.43. The van der Waals surface area contributed by atoms with Crippen LogP contribution in [0.2, 0.25) is 0 Å². The Bertz CT molecular complexity index is 436. The van der Waals surface area contributed by atoms with Crippen LogP contribution in [0.25, 0.3) is 0 Å². The molecule has 1 aromatic rings. The minimum Gasteiger partial charge on any atom is -0.369 e. The molecule has 2 heterocycles. The number of nitrogens with zero attached hydrogens (tertiary/aromatic N) is 2. The van der Waals surface area contributed by atoms with Crippen LogP contribution in [0.1, 0.15) is 28.3 Å². The van der Waals surface area contributed by atoms with Crippen LogP contribution >= 0.6 is 11.3 Å². The molecule has 1 fully saturated rings. The van der Waals surface area contributed by atoms with Gasteiger partial charge in [-0.2, -0.15) is 0 Å². The van der Waals surface area contributed by atoms with Gasteiger partial charge in [0.25, 0.3) is 5.91 Å². The molecule has 0 unspecified atom stereocenters. The average Bonchev–Trinajstić information content (AvgIpc) is 2.75. The van der Waals surface area contributed by atoms with Crippen molar-refractivity contribution >= 4 is 23.2 Å². The second-order valence-corrected chi connectivity index (χ2v) is 5.28. The summed E-state index contributed by atoms with van der Waals surface area (Å²) in [5.74, 6) is -0.393. The Labute approximate surface area is 104 Å². The molecule has 2 N–H and O–H groups in total. The molecular formula is C11H15N3O2S. The maximum Gasteiger partial charge on any atom is 0.273 e. The molecule has 1 aliphatic rings. The molecule has 0 bridgehead atoms. The summed E-state index contributed by atoms with van der Waals surface area (Å²) in [6.45, 7) is 3.05. The van der Waals surface area contributed by atoms with E-state index in [1.165, 1.54) is 11.3 Å². The number of carbonyl (C=O) groups excluding carboxylic acids is 2. The molecule has 5 nitrogen and oxygen atoms in total. The van der Waals surface area contributed by atoms with Crippen LogP contribution in [0, 0.1) is 12.8 Å². The van der Waals surface area contributed by atoms with Gasteiger partial charge in [0.15, 0.2) is 0 Å². The molecule has 0 radical (unpaired) electrons. The molecule has 1 aliphatic heterocycles. The number of nitrogens with two attached hydrogens (primary N) is 1. The Kier molecular flexibility index (Phi) is 3.42. The van der Waals surface area contributed by atoms with E-state index >= 15 is 0 Å². The van der Waals surface area contributed by atoms with Crippen molar-refractivity contribution in [2.75, 3.05) is 13.1 Å². The third-order valence-electron chi connectivity index (χ3n) is 3.02. The second-order valence-electron chi connectivity index (χ2n) is 4.22. The normalized spacial score (nSPS) is 17.1. The van der Waals surface area contributed by atoms with Crippen LogP contribution in [0.3, 0.4) is 0 Å². The fourth-order valence-corrected chi connectivity index (χ4v) is 2.58. The number of amides is 2. The fourth-order valence-electron chi connectivity index (χ4n) is 1.99. The van der Waals surface area contributed by atoms with E-state index in [1.807, 2.05) is 6.92 Å². The van der Waals surface area contributed by atoms with Gasteiger partial charge in [0.2, 0.25) is 5.91 Å². The molecule has 0 atom stereocenters. The highest BCUT2D eigenvalue weighted by Crippen LogP contribution is 2.19. The van der Waals surface area contributed by atoms with Gasteiger partial charge in [0.1, 0.15) is 5.69 Å². The lowest BCUT2D eigenvalue weighted by molar-refractivity contribution is -0.123. The summed E-state index contributed by atoms with van der Waals surface area (Å²) < 4.78 is 0. The number of primary amides is 1. The van der Waals surface area contributed by atoms with Gasteiger partial charge in [-0.05, 0) is 19.8 Å². The lowest BCUT2D eigenvalue weighted by atomic mass is 9.96. The summed E-state index contributed by atoms with van der Waals surface area (Å²) in [7, 11) is 0. The summed E-state index contributed by atoms with van der Waals surface area (Å²) >= 11 is 1.47. The Morgan fingerprint density at radius 1 is 1.47 bits per heavy atom. The number of rotatable bonds is 2. The van der Waals surface area contributed by atoms with Crippen LogP contribution in [0.5, 0.6) is 0 Å². The van der Waals surface area contributed by atoms with Crippen molar-refractivity contribution in [2.45, 2.75) is 19.8 Å². The largest absolute Gasteiger partial charge is 0.369 e. The van der Waals surface area contributed by atoms with Crippen molar-refractivity contribution in [3.05, 3.63) is 16.1 Å². The molecule has 0 aromatic carbocycles. The van der Waals surface area contributed by atoms with Gasteiger partial charge in [-0.1, -0.05) is 0 Å². The van der Waals surface area contributed by atoms with Crippen LogP contribution in [0.15, 0.2) is 5.38 Å². The molecule has 0 saturated carbocycles. The maximum absolute atomic E-state index is 12.0. The summed E-state index contributed by atoms with van der Waals surface area (Å²) in [4.78, 5) is 29.0. The second kappa shape index (κ2) is 4.83. The minimum atomic E-state index is -0.262. The van der Waals surface area contributed by atoms with Crippen LogP contribution < -0.4 is 5.73 Å². The monoisotopic (exact) mass is 253 g/mol. The van der Waals surface area contributed by atoms with E-state index in [0.717, 1.165) is 5.01 Å². The highest BCUT2D eigenvalue weighted by atomic mass is 32.1. The maximum atomic E-state index is 12.0. The number of hydrogen-bond donors (Lipinski definition) is 1. The first kappa shape index (κ1) is 12.0. The predicted molar refractivity (Wildman–Crippen MR) is 64.7 cm³/mol. The molecule has 92 valence electrons. The average molecular weight is 253 g/mol. The number of hydrogen-bond acceptors (Lipinski definition) is 4. The third kappa shape index (κ3) is 2.63. The quantitative estimate of drug-likeness (QED) is 0.846. The van der Waals surface area contributed by atoms with E-state index in [4.69, 9.17) is 5.73 Å². The summed E-state index contributed by atoms with van der Waals surface area (Å²) in [6.07, 6.45) is 1.31. The van der Waals surface area contributed by atoms with E-state index in [9.17, 15) is 9.59 Å². The lowest BCUT2D eigenvalue weighted by Gasteiger charge is -2.30. The molecule has 2 amide bonds. The summed E-state index contributed by atoms with van der Waals surface area (Å²) in [6, 6.07) is 0. The molecule has 0 spiro atoms. The van der Waals surface area contributed by atoms with Crippen molar-refractivity contribution < 1.29 is 9.59 Å². The van der Waals surface area contributed by atoms with Gasteiger partial charge < -0.3 is 10.6 Å². The van der Waals surface area contributed by atoms with Crippen LogP contribution in [0.4, 0.5) is 0 Å². The van der Waals surface area contributed by atoms with Crippen molar-refractivity contribution in [1.29, 1.82) is 0 Å². The van der Waals surface area contributed by atoms with Gasteiger partial charge in [0, 0.05) is 24.4 Å². The van der Waals surface area contributed by atoms with E-state index in [0.29, 0.717) is 31.6 Å². The van der Waals surface area contributed by atoms with Crippen molar-refractivity contribution in [1.82, 2.24) is 9.88 Å². The van der Waals surface area contributed by atoms with Gasteiger partial charge in [-0.25, -0.2) is 4.98 Å². The lowest BCUT2D eigenvalue weighted by Crippen LogP contribution is -2.41. The van der Waals surface area contributed by atoms with Crippen molar-refractivity contribution in [3.8, 4) is 0 Å². The molecular weight excluding hydrogens is 238 g/mol. The Balaban J connectivity index is 1.97. The van der Waals surface area contributed by atoms with Gasteiger partial charge in [-0.15, -0.1) is 11.3 Å². The summed E-state index contributed by atoms with van der Waals surface area (Å²) in [5, 5.41) is 2.66.